The van der Waals surface area contributed by atoms with Crippen molar-refractivity contribution in [1.82, 2.24) is 10.6 Å². The maximum Gasteiger partial charge on any atom is 0.251 e. The third kappa shape index (κ3) is 3.28. The van der Waals surface area contributed by atoms with Crippen LogP contribution in [-0.4, -0.2) is 25.0 Å². The zero-order valence-corrected chi connectivity index (χ0v) is 11.9. The van der Waals surface area contributed by atoms with Crippen molar-refractivity contribution in [1.29, 1.82) is 0 Å². The van der Waals surface area contributed by atoms with Gasteiger partial charge in [-0.2, -0.15) is 0 Å². The summed E-state index contributed by atoms with van der Waals surface area (Å²) in [6, 6.07) is 6.50. The fourth-order valence-corrected chi connectivity index (χ4v) is 2.92. The number of hydrogen-bond acceptors (Lipinski definition) is 2. The van der Waals surface area contributed by atoms with E-state index in [9.17, 15) is 4.79 Å². The highest BCUT2D eigenvalue weighted by Gasteiger charge is 2.18. The Morgan fingerprint density at radius 3 is 2.74 bits per heavy atom. The van der Waals surface area contributed by atoms with Crippen molar-refractivity contribution in [2.24, 2.45) is 0 Å². The van der Waals surface area contributed by atoms with Crippen LogP contribution in [-0.2, 0) is 12.8 Å². The van der Waals surface area contributed by atoms with Gasteiger partial charge in [-0.3, -0.25) is 4.79 Å². The van der Waals surface area contributed by atoms with E-state index in [0.717, 1.165) is 31.5 Å². The van der Waals surface area contributed by atoms with E-state index >= 15 is 0 Å². The van der Waals surface area contributed by atoms with E-state index < -0.39 is 0 Å². The summed E-state index contributed by atoms with van der Waals surface area (Å²) >= 11 is 0. The second kappa shape index (κ2) is 6.40. The summed E-state index contributed by atoms with van der Waals surface area (Å²) < 4.78 is 0. The van der Waals surface area contributed by atoms with Crippen molar-refractivity contribution in [3.8, 4) is 0 Å². The Balaban J connectivity index is 0.00000133. The zero-order chi connectivity index (χ0) is 12.4. The minimum absolute atomic E-state index is 0. The molecule has 3 nitrogen and oxygen atoms in total. The number of nitrogens with one attached hydrogen (secondary N) is 2. The van der Waals surface area contributed by atoms with Gasteiger partial charge in [0.25, 0.3) is 5.91 Å². The van der Waals surface area contributed by atoms with Crippen molar-refractivity contribution in [3.63, 3.8) is 0 Å². The Morgan fingerprint density at radius 2 is 2.00 bits per heavy atom. The quantitative estimate of drug-likeness (QED) is 0.871. The largest absolute Gasteiger partial charge is 0.348 e. The summed E-state index contributed by atoms with van der Waals surface area (Å²) in [5.41, 5.74) is 3.63. The van der Waals surface area contributed by atoms with Crippen molar-refractivity contribution in [3.05, 3.63) is 34.9 Å². The van der Waals surface area contributed by atoms with Crippen LogP contribution in [0.5, 0.6) is 0 Å². The third-order valence-electron chi connectivity index (χ3n) is 4.01. The lowest BCUT2D eigenvalue weighted by atomic mass is 9.90. The van der Waals surface area contributed by atoms with Crippen LogP contribution in [0.4, 0.5) is 0 Å². The lowest BCUT2D eigenvalue weighted by Gasteiger charge is -2.17. The molecule has 19 heavy (non-hydrogen) atoms. The van der Waals surface area contributed by atoms with Crippen molar-refractivity contribution in [2.75, 3.05) is 13.1 Å². The number of rotatable bonds is 2. The molecular formula is C15H21ClN2O. The third-order valence-corrected chi connectivity index (χ3v) is 4.01. The van der Waals surface area contributed by atoms with Crippen LogP contribution in [0.3, 0.4) is 0 Å². The molecule has 2 aliphatic rings. The van der Waals surface area contributed by atoms with Gasteiger partial charge in [-0.25, -0.2) is 0 Å². The van der Waals surface area contributed by atoms with Crippen LogP contribution in [0.2, 0.25) is 0 Å². The molecule has 1 unspecified atom stereocenters. The summed E-state index contributed by atoms with van der Waals surface area (Å²) in [7, 11) is 0. The monoisotopic (exact) mass is 280 g/mol. The summed E-state index contributed by atoms with van der Waals surface area (Å²) in [5.74, 6) is 0.0806. The molecule has 0 radical (unpaired) electrons. The molecule has 0 saturated carbocycles. The molecule has 0 bridgehead atoms. The van der Waals surface area contributed by atoms with E-state index in [4.69, 9.17) is 0 Å². The molecule has 104 valence electrons. The van der Waals surface area contributed by atoms with E-state index in [1.807, 2.05) is 6.07 Å². The molecule has 1 heterocycles. The van der Waals surface area contributed by atoms with Crippen LogP contribution in [0, 0.1) is 0 Å². The first-order valence-corrected chi connectivity index (χ1v) is 6.96. The number of aryl methyl sites for hydroxylation is 2. The molecule has 1 atom stereocenters. The van der Waals surface area contributed by atoms with E-state index in [0.29, 0.717) is 6.04 Å². The van der Waals surface area contributed by atoms with Crippen LogP contribution in [0.25, 0.3) is 0 Å². The molecule has 1 aliphatic heterocycles. The summed E-state index contributed by atoms with van der Waals surface area (Å²) in [5, 5.41) is 6.36. The maximum absolute atomic E-state index is 12.1. The molecular weight excluding hydrogens is 260 g/mol. The molecule has 0 spiro atoms. The number of amides is 1. The van der Waals surface area contributed by atoms with Gasteiger partial charge in [0, 0.05) is 18.2 Å². The second-order valence-electron chi connectivity index (χ2n) is 5.35. The normalized spacial score (nSPS) is 21.4. The fourth-order valence-electron chi connectivity index (χ4n) is 2.92. The first kappa shape index (κ1) is 14.4. The number of fused-ring (bicyclic) bond motifs is 1. The average molecular weight is 281 g/mol. The van der Waals surface area contributed by atoms with E-state index in [1.165, 1.54) is 30.4 Å². The van der Waals surface area contributed by atoms with Crippen LogP contribution in [0.15, 0.2) is 18.2 Å². The van der Waals surface area contributed by atoms with Crippen LogP contribution >= 0.6 is 12.4 Å². The Morgan fingerprint density at radius 1 is 1.21 bits per heavy atom. The SMILES string of the molecule is Cl.O=C(NC1CCNC1)c1ccc2c(c1)CCCC2. The lowest BCUT2D eigenvalue weighted by Crippen LogP contribution is -2.36. The smallest absolute Gasteiger partial charge is 0.251 e. The minimum atomic E-state index is 0. The van der Waals surface area contributed by atoms with Gasteiger partial charge in [-0.1, -0.05) is 6.07 Å². The highest BCUT2D eigenvalue weighted by molar-refractivity contribution is 5.94. The van der Waals surface area contributed by atoms with Crippen LogP contribution in [0.1, 0.15) is 40.7 Å². The molecule has 4 heteroatoms. The average Bonchev–Trinajstić information content (AvgIpc) is 2.91. The van der Waals surface area contributed by atoms with Crippen LogP contribution < -0.4 is 10.6 Å². The van der Waals surface area contributed by atoms with Crippen molar-refractivity contribution in [2.45, 2.75) is 38.1 Å². The van der Waals surface area contributed by atoms with Gasteiger partial charge in [0.2, 0.25) is 0 Å². The lowest BCUT2D eigenvalue weighted by molar-refractivity contribution is 0.0940. The summed E-state index contributed by atoms with van der Waals surface area (Å²) in [4.78, 5) is 12.1. The zero-order valence-electron chi connectivity index (χ0n) is 11.1. The molecule has 1 amide bonds. The number of hydrogen-bond donors (Lipinski definition) is 2. The number of carbonyl (C=O) groups is 1. The highest BCUT2D eigenvalue weighted by atomic mass is 35.5. The first-order chi connectivity index (χ1) is 8.83. The second-order valence-corrected chi connectivity index (χ2v) is 5.35. The van der Waals surface area contributed by atoms with Gasteiger partial charge >= 0.3 is 0 Å². The Hall–Kier alpha value is -1.06. The van der Waals surface area contributed by atoms with Gasteiger partial charge in [0.05, 0.1) is 0 Å². The summed E-state index contributed by atoms with van der Waals surface area (Å²) in [6.07, 6.45) is 5.87. The Bertz CT molecular complexity index is 455. The van der Waals surface area contributed by atoms with E-state index in [1.54, 1.807) is 0 Å². The molecule has 1 aromatic rings. The minimum Gasteiger partial charge on any atom is -0.348 e. The topological polar surface area (TPSA) is 41.1 Å². The van der Waals surface area contributed by atoms with Gasteiger partial charge in [-0.05, 0) is 61.9 Å². The molecule has 0 aromatic heterocycles. The van der Waals surface area contributed by atoms with E-state index in [2.05, 4.69) is 22.8 Å². The van der Waals surface area contributed by atoms with Gasteiger partial charge in [-0.15, -0.1) is 12.4 Å². The number of halogens is 1. The first-order valence-electron chi connectivity index (χ1n) is 6.96. The predicted molar refractivity (Wildman–Crippen MR) is 79.1 cm³/mol. The Kier molecular flexibility index (Phi) is 4.83. The molecule has 2 N–H and O–H groups in total. The van der Waals surface area contributed by atoms with Crippen molar-refractivity contribution >= 4 is 18.3 Å². The predicted octanol–water partition coefficient (Wildman–Crippen LogP) is 2.08. The van der Waals surface area contributed by atoms with E-state index in [-0.39, 0.29) is 18.3 Å². The molecule has 1 aliphatic carbocycles. The molecule has 1 aromatic carbocycles. The Labute approximate surface area is 120 Å². The fraction of sp³-hybridized carbons (Fsp3) is 0.533. The maximum atomic E-state index is 12.1. The van der Waals surface area contributed by atoms with Crippen molar-refractivity contribution < 1.29 is 4.79 Å². The van der Waals surface area contributed by atoms with Gasteiger partial charge in [0.15, 0.2) is 0 Å². The van der Waals surface area contributed by atoms with Gasteiger partial charge in [0.1, 0.15) is 0 Å². The molecule has 1 fully saturated rings. The molecule has 3 rings (SSSR count). The highest BCUT2D eigenvalue weighted by Crippen LogP contribution is 2.22. The number of carbonyl (C=O) groups excluding carboxylic acids is 1. The molecule has 1 saturated heterocycles. The number of benzene rings is 1. The summed E-state index contributed by atoms with van der Waals surface area (Å²) in [6.45, 7) is 1.91. The van der Waals surface area contributed by atoms with Gasteiger partial charge < -0.3 is 10.6 Å². The standard InChI is InChI=1S/C15H20N2O.ClH/c18-15(17-14-7-8-16-10-14)13-6-5-11-3-1-2-4-12(11)9-13;/h5-6,9,14,16H,1-4,7-8,10H2,(H,17,18);1H.